The molecule has 4 aromatic rings. The van der Waals surface area contributed by atoms with Gasteiger partial charge in [-0.25, -0.2) is 4.98 Å². The van der Waals surface area contributed by atoms with Gasteiger partial charge in [-0.3, -0.25) is 0 Å². The number of hydrogen-bond donors (Lipinski definition) is 0. The molecule has 0 N–H and O–H groups in total. The molecule has 138 valence electrons. The number of benzene rings is 2. The molecule has 0 radical (unpaired) electrons. The van der Waals surface area contributed by atoms with Gasteiger partial charge in [-0.1, -0.05) is 42.1 Å². The highest BCUT2D eigenvalue weighted by Gasteiger charge is 2.20. The lowest BCUT2D eigenvalue weighted by molar-refractivity contribution is 0.186. The highest BCUT2D eigenvalue weighted by molar-refractivity contribution is 7.99. The lowest BCUT2D eigenvalue weighted by Gasteiger charge is -2.13. The third-order valence-electron chi connectivity index (χ3n) is 4.28. The van der Waals surface area contributed by atoms with Crippen molar-refractivity contribution in [2.75, 3.05) is 13.7 Å². The lowest BCUT2D eigenvalue weighted by atomic mass is 10.3. The van der Waals surface area contributed by atoms with Crippen molar-refractivity contribution in [1.29, 1.82) is 0 Å². The van der Waals surface area contributed by atoms with Crippen LogP contribution in [0.1, 0.15) is 18.0 Å². The van der Waals surface area contributed by atoms with Crippen molar-refractivity contribution in [3.63, 3.8) is 0 Å². The number of thioether (sulfide) groups is 1. The van der Waals surface area contributed by atoms with Gasteiger partial charge in [-0.05, 0) is 41.6 Å². The topological polar surface area (TPSA) is 70.7 Å². The second kappa shape index (κ2) is 7.89. The fraction of sp³-hybridized carbons (Fsp3) is 0.263. The molecule has 2 aromatic carbocycles. The van der Waals surface area contributed by atoms with Gasteiger partial charge < -0.3 is 9.30 Å². The molecule has 0 aliphatic heterocycles. The normalized spacial score (nSPS) is 12.5. The standard InChI is InChI=1S/C19H20N6OS/c1-14(18-21-22-23-25(18)15-8-4-3-5-9-15)27-19-20-16-10-6-7-11-17(16)24(19)12-13-26-2/h3-11,14H,12-13H2,1-2H3. The first-order chi connectivity index (χ1) is 13.3. The van der Waals surface area contributed by atoms with Crippen LogP contribution in [0.2, 0.25) is 0 Å². The average molecular weight is 380 g/mol. The maximum atomic E-state index is 5.28. The summed E-state index contributed by atoms with van der Waals surface area (Å²) in [4.78, 5) is 4.81. The Bertz CT molecular complexity index is 1030. The number of imidazole rings is 1. The average Bonchev–Trinajstić information content (AvgIpc) is 3.32. The predicted molar refractivity (Wildman–Crippen MR) is 105 cm³/mol. The van der Waals surface area contributed by atoms with Crippen LogP contribution in [0.4, 0.5) is 0 Å². The minimum atomic E-state index is 0.0262. The highest BCUT2D eigenvalue weighted by Crippen LogP contribution is 2.35. The van der Waals surface area contributed by atoms with Crippen LogP contribution in [-0.4, -0.2) is 43.5 Å². The second-order valence-electron chi connectivity index (χ2n) is 6.07. The van der Waals surface area contributed by atoms with Crippen LogP contribution in [-0.2, 0) is 11.3 Å². The molecule has 0 saturated carbocycles. The van der Waals surface area contributed by atoms with E-state index in [1.807, 2.05) is 48.5 Å². The Morgan fingerprint density at radius 1 is 1.07 bits per heavy atom. The molecular formula is C19H20N6OS. The van der Waals surface area contributed by atoms with Gasteiger partial charge in [-0.2, -0.15) is 4.68 Å². The summed E-state index contributed by atoms with van der Waals surface area (Å²) in [5.74, 6) is 0.788. The number of ether oxygens (including phenoxy) is 1. The van der Waals surface area contributed by atoms with Crippen LogP contribution in [0.3, 0.4) is 0 Å². The van der Waals surface area contributed by atoms with Gasteiger partial charge in [0.15, 0.2) is 11.0 Å². The van der Waals surface area contributed by atoms with Gasteiger partial charge in [0.2, 0.25) is 0 Å². The van der Waals surface area contributed by atoms with Crippen molar-refractivity contribution >= 4 is 22.8 Å². The summed E-state index contributed by atoms with van der Waals surface area (Å²) < 4.78 is 9.25. The number of methoxy groups -OCH3 is 1. The predicted octanol–water partition coefficient (Wildman–Crippen LogP) is 3.51. The van der Waals surface area contributed by atoms with Crippen LogP contribution in [0, 0.1) is 0 Å². The molecule has 8 heteroatoms. The van der Waals surface area contributed by atoms with E-state index in [0.29, 0.717) is 6.61 Å². The van der Waals surface area contributed by atoms with Crippen molar-refractivity contribution in [3.8, 4) is 5.69 Å². The van der Waals surface area contributed by atoms with Crippen molar-refractivity contribution < 1.29 is 4.74 Å². The number of fused-ring (bicyclic) bond motifs is 1. The summed E-state index contributed by atoms with van der Waals surface area (Å²) in [6.07, 6.45) is 0. The molecule has 1 unspecified atom stereocenters. The van der Waals surface area contributed by atoms with E-state index >= 15 is 0 Å². The molecule has 7 nitrogen and oxygen atoms in total. The zero-order valence-electron chi connectivity index (χ0n) is 15.2. The van der Waals surface area contributed by atoms with E-state index < -0.39 is 0 Å². The minimum Gasteiger partial charge on any atom is -0.383 e. The Kier molecular flexibility index (Phi) is 5.17. The molecule has 2 aromatic heterocycles. The van der Waals surface area contributed by atoms with Crippen LogP contribution >= 0.6 is 11.8 Å². The van der Waals surface area contributed by atoms with Gasteiger partial charge in [0.1, 0.15) is 0 Å². The fourth-order valence-corrected chi connectivity index (χ4v) is 3.99. The third-order valence-corrected chi connectivity index (χ3v) is 5.37. The summed E-state index contributed by atoms with van der Waals surface area (Å²) in [5, 5.41) is 13.3. The van der Waals surface area contributed by atoms with E-state index in [0.717, 1.165) is 34.2 Å². The Morgan fingerprint density at radius 3 is 2.67 bits per heavy atom. The monoisotopic (exact) mass is 380 g/mol. The first kappa shape index (κ1) is 17.7. The summed E-state index contributed by atoms with van der Waals surface area (Å²) in [6, 6.07) is 18.1. The Hall–Kier alpha value is -2.71. The third kappa shape index (κ3) is 3.58. The Labute approximate surface area is 161 Å². The summed E-state index contributed by atoms with van der Waals surface area (Å²) in [6.45, 7) is 3.47. The lowest BCUT2D eigenvalue weighted by Crippen LogP contribution is -2.08. The van der Waals surface area contributed by atoms with E-state index in [1.54, 1.807) is 23.6 Å². The maximum Gasteiger partial charge on any atom is 0.169 e. The molecule has 4 rings (SSSR count). The molecule has 0 saturated heterocycles. The molecule has 0 fully saturated rings. The fourth-order valence-electron chi connectivity index (χ4n) is 2.95. The molecule has 0 spiro atoms. The van der Waals surface area contributed by atoms with Crippen LogP contribution < -0.4 is 0 Å². The van der Waals surface area contributed by atoms with Crippen LogP contribution in [0.15, 0.2) is 59.8 Å². The van der Waals surface area contributed by atoms with Gasteiger partial charge in [0, 0.05) is 13.7 Å². The molecule has 1 atom stereocenters. The number of para-hydroxylation sites is 3. The zero-order valence-corrected chi connectivity index (χ0v) is 16.0. The van der Waals surface area contributed by atoms with E-state index in [1.165, 1.54) is 0 Å². The largest absolute Gasteiger partial charge is 0.383 e. The molecule has 0 aliphatic rings. The molecule has 27 heavy (non-hydrogen) atoms. The Morgan fingerprint density at radius 2 is 1.85 bits per heavy atom. The van der Waals surface area contributed by atoms with E-state index in [2.05, 4.69) is 33.1 Å². The van der Waals surface area contributed by atoms with Crippen molar-refractivity contribution in [3.05, 3.63) is 60.4 Å². The van der Waals surface area contributed by atoms with Crippen molar-refractivity contribution in [2.45, 2.75) is 23.9 Å². The number of tetrazole rings is 1. The molecule has 0 bridgehead atoms. The Balaban J connectivity index is 1.66. The summed E-state index contributed by atoms with van der Waals surface area (Å²) >= 11 is 1.65. The summed E-state index contributed by atoms with van der Waals surface area (Å²) in [5.41, 5.74) is 3.02. The van der Waals surface area contributed by atoms with E-state index in [-0.39, 0.29) is 5.25 Å². The second-order valence-corrected chi connectivity index (χ2v) is 7.38. The summed E-state index contributed by atoms with van der Waals surface area (Å²) in [7, 11) is 1.71. The van der Waals surface area contributed by atoms with E-state index in [9.17, 15) is 0 Å². The smallest absolute Gasteiger partial charge is 0.169 e. The molecule has 2 heterocycles. The number of nitrogens with zero attached hydrogens (tertiary/aromatic N) is 6. The number of rotatable bonds is 7. The van der Waals surface area contributed by atoms with Gasteiger partial charge in [0.25, 0.3) is 0 Å². The van der Waals surface area contributed by atoms with E-state index in [4.69, 9.17) is 9.72 Å². The minimum absolute atomic E-state index is 0.0262. The maximum absolute atomic E-state index is 5.28. The molecular weight excluding hydrogens is 360 g/mol. The SMILES string of the molecule is COCCn1c(SC(C)c2nnnn2-c2ccccc2)nc2ccccc21. The zero-order chi connectivity index (χ0) is 18.6. The first-order valence-corrected chi connectivity index (χ1v) is 9.60. The number of hydrogen-bond acceptors (Lipinski definition) is 6. The first-order valence-electron chi connectivity index (χ1n) is 8.72. The highest BCUT2D eigenvalue weighted by atomic mass is 32.2. The van der Waals surface area contributed by atoms with Crippen molar-refractivity contribution in [1.82, 2.24) is 29.8 Å². The van der Waals surface area contributed by atoms with Gasteiger partial charge >= 0.3 is 0 Å². The van der Waals surface area contributed by atoms with Gasteiger partial charge in [-0.15, -0.1) is 5.10 Å². The van der Waals surface area contributed by atoms with Crippen molar-refractivity contribution in [2.24, 2.45) is 0 Å². The molecule has 0 aliphatic carbocycles. The number of aromatic nitrogens is 6. The molecule has 0 amide bonds. The van der Waals surface area contributed by atoms with Crippen LogP contribution in [0.5, 0.6) is 0 Å². The quantitative estimate of drug-likeness (QED) is 0.457. The van der Waals surface area contributed by atoms with Crippen LogP contribution in [0.25, 0.3) is 16.7 Å². The van der Waals surface area contributed by atoms with Gasteiger partial charge in [0.05, 0.1) is 28.6 Å².